The molecular formula is C12H16N4S. The zero-order chi connectivity index (χ0) is 12.3. The third-order valence-corrected chi connectivity index (χ3v) is 3.29. The van der Waals surface area contributed by atoms with E-state index in [4.69, 9.17) is 5.73 Å². The molecule has 0 bridgehead atoms. The maximum absolute atomic E-state index is 5.58. The van der Waals surface area contributed by atoms with Crippen molar-refractivity contribution >= 4 is 22.2 Å². The van der Waals surface area contributed by atoms with Crippen LogP contribution in [0.1, 0.15) is 17.5 Å². The quantitative estimate of drug-likeness (QED) is 0.903. The van der Waals surface area contributed by atoms with Crippen LogP contribution in [0.3, 0.4) is 0 Å². The topological polar surface area (TPSA) is 55.0 Å². The summed E-state index contributed by atoms with van der Waals surface area (Å²) in [6, 6.07) is 8.46. The predicted octanol–water partition coefficient (Wildman–Crippen LogP) is 2.46. The van der Waals surface area contributed by atoms with Gasteiger partial charge in [0, 0.05) is 12.2 Å². The first-order valence-corrected chi connectivity index (χ1v) is 6.40. The average Bonchev–Trinajstić information content (AvgIpc) is 2.72. The lowest BCUT2D eigenvalue weighted by Crippen LogP contribution is -2.21. The molecule has 0 aliphatic carbocycles. The first-order chi connectivity index (χ1) is 8.19. The van der Waals surface area contributed by atoms with E-state index in [0.29, 0.717) is 5.13 Å². The van der Waals surface area contributed by atoms with E-state index in [0.717, 1.165) is 18.1 Å². The molecule has 0 unspecified atom stereocenters. The molecule has 0 aliphatic heterocycles. The lowest BCUT2D eigenvalue weighted by molar-refractivity contribution is 0.811. The number of aryl methyl sites for hydroxylation is 1. The van der Waals surface area contributed by atoms with Gasteiger partial charge in [-0.25, -0.2) is 0 Å². The number of hydrogen-bond donors (Lipinski definition) is 1. The lowest BCUT2D eigenvalue weighted by atomic mass is 10.2. The number of benzene rings is 1. The fourth-order valence-electron chi connectivity index (χ4n) is 1.70. The number of anilines is 2. The number of nitrogens with two attached hydrogens (primary N) is 1. The fraction of sp³-hybridized carbons (Fsp3) is 0.333. The molecule has 0 spiro atoms. The van der Waals surface area contributed by atoms with Gasteiger partial charge < -0.3 is 10.6 Å². The highest BCUT2D eigenvalue weighted by Gasteiger charge is 2.08. The van der Waals surface area contributed by atoms with Crippen molar-refractivity contribution in [1.29, 1.82) is 0 Å². The second-order valence-corrected chi connectivity index (χ2v) is 4.98. The first-order valence-electron chi connectivity index (χ1n) is 5.58. The fourth-order valence-corrected chi connectivity index (χ4v) is 2.33. The van der Waals surface area contributed by atoms with Gasteiger partial charge in [0.25, 0.3) is 0 Å². The highest BCUT2D eigenvalue weighted by atomic mass is 32.1. The van der Waals surface area contributed by atoms with E-state index in [1.165, 1.54) is 22.6 Å². The molecule has 0 atom stereocenters. The second kappa shape index (κ2) is 5.14. The van der Waals surface area contributed by atoms with Gasteiger partial charge in [0.15, 0.2) is 0 Å². The summed E-state index contributed by atoms with van der Waals surface area (Å²) in [6.45, 7) is 5.92. The molecule has 2 N–H and O–H groups in total. The highest BCUT2D eigenvalue weighted by Crippen LogP contribution is 2.20. The van der Waals surface area contributed by atoms with Crippen molar-refractivity contribution in [2.45, 2.75) is 20.4 Å². The molecule has 0 radical (unpaired) electrons. The Labute approximate surface area is 105 Å². The van der Waals surface area contributed by atoms with Crippen LogP contribution in [0.15, 0.2) is 24.3 Å². The zero-order valence-corrected chi connectivity index (χ0v) is 10.9. The second-order valence-electron chi connectivity index (χ2n) is 3.89. The van der Waals surface area contributed by atoms with Crippen LogP contribution in [0.25, 0.3) is 0 Å². The van der Waals surface area contributed by atoms with Crippen molar-refractivity contribution in [3.05, 3.63) is 34.8 Å². The molecule has 0 saturated carbocycles. The Bertz CT molecular complexity index is 495. The maximum atomic E-state index is 5.58. The summed E-state index contributed by atoms with van der Waals surface area (Å²) >= 11 is 1.44. The predicted molar refractivity (Wildman–Crippen MR) is 72.2 cm³/mol. The Kier molecular flexibility index (Phi) is 3.58. The van der Waals surface area contributed by atoms with E-state index in [1.807, 2.05) is 0 Å². The summed E-state index contributed by atoms with van der Waals surface area (Å²) in [6.07, 6.45) is 0. The van der Waals surface area contributed by atoms with Gasteiger partial charge in [-0.15, -0.1) is 10.2 Å². The number of nitrogens with zero attached hydrogens (tertiary/aromatic N) is 3. The summed E-state index contributed by atoms with van der Waals surface area (Å²) < 4.78 is 0. The summed E-state index contributed by atoms with van der Waals surface area (Å²) in [4.78, 5) is 2.26. The standard InChI is InChI=1S/C12H16N4S/c1-3-16(8-11-14-15-12(13)17-11)10-6-4-5-9(2)7-10/h4-7H,3,8H2,1-2H3,(H2,13,15). The third-order valence-electron chi connectivity index (χ3n) is 2.56. The Morgan fingerprint density at radius 1 is 1.35 bits per heavy atom. The number of hydrogen-bond acceptors (Lipinski definition) is 5. The highest BCUT2D eigenvalue weighted by molar-refractivity contribution is 7.15. The van der Waals surface area contributed by atoms with E-state index in [9.17, 15) is 0 Å². The van der Waals surface area contributed by atoms with Gasteiger partial charge in [-0.2, -0.15) is 0 Å². The van der Waals surface area contributed by atoms with Gasteiger partial charge in [0.1, 0.15) is 5.01 Å². The third kappa shape index (κ3) is 2.94. The summed E-state index contributed by atoms with van der Waals surface area (Å²) in [7, 11) is 0. The van der Waals surface area contributed by atoms with Crippen molar-refractivity contribution in [3.63, 3.8) is 0 Å². The van der Waals surface area contributed by atoms with Crippen LogP contribution in [0.5, 0.6) is 0 Å². The van der Waals surface area contributed by atoms with E-state index < -0.39 is 0 Å². The molecule has 0 saturated heterocycles. The van der Waals surface area contributed by atoms with Crippen LogP contribution in [0, 0.1) is 6.92 Å². The molecule has 2 aromatic rings. The largest absolute Gasteiger partial charge is 0.374 e. The normalized spacial score (nSPS) is 10.5. The Morgan fingerprint density at radius 2 is 2.18 bits per heavy atom. The monoisotopic (exact) mass is 248 g/mol. The van der Waals surface area contributed by atoms with E-state index in [2.05, 4.69) is 53.2 Å². The maximum Gasteiger partial charge on any atom is 0.203 e. The molecule has 1 aromatic heterocycles. The average molecular weight is 248 g/mol. The molecule has 0 amide bonds. The Hall–Kier alpha value is -1.62. The molecular weight excluding hydrogens is 232 g/mol. The van der Waals surface area contributed by atoms with Gasteiger partial charge in [0.2, 0.25) is 5.13 Å². The van der Waals surface area contributed by atoms with Gasteiger partial charge >= 0.3 is 0 Å². The van der Waals surface area contributed by atoms with Gasteiger partial charge in [-0.3, -0.25) is 0 Å². The summed E-state index contributed by atoms with van der Waals surface area (Å²) in [5.74, 6) is 0. The molecule has 1 aromatic carbocycles. The molecule has 90 valence electrons. The van der Waals surface area contributed by atoms with Crippen molar-refractivity contribution in [1.82, 2.24) is 10.2 Å². The molecule has 17 heavy (non-hydrogen) atoms. The van der Waals surface area contributed by atoms with Crippen LogP contribution in [-0.2, 0) is 6.54 Å². The Balaban J connectivity index is 2.16. The molecule has 0 fully saturated rings. The summed E-state index contributed by atoms with van der Waals surface area (Å²) in [5, 5.41) is 9.37. The van der Waals surface area contributed by atoms with Crippen molar-refractivity contribution in [2.75, 3.05) is 17.2 Å². The van der Waals surface area contributed by atoms with Gasteiger partial charge in [-0.05, 0) is 31.5 Å². The van der Waals surface area contributed by atoms with Gasteiger partial charge in [0.05, 0.1) is 6.54 Å². The summed E-state index contributed by atoms with van der Waals surface area (Å²) in [5.41, 5.74) is 8.06. The van der Waals surface area contributed by atoms with E-state index in [1.54, 1.807) is 0 Å². The van der Waals surface area contributed by atoms with Crippen LogP contribution < -0.4 is 10.6 Å². The molecule has 5 heteroatoms. The molecule has 1 heterocycles. The smallest absolute Gasteiger partial charge is 0.203 e. The zero-order valence-electron chi connectivity index (χ0n) is 10.1. The Morgan fingerprint density at radius 3 is 2.76 bits per heavy atom. The van der Waals surface area contributed by atoms with Crippen molar-refractivity contribution in [3.8, 4) is 0 Å². The number of nitrogen functional groups attached to an aromatic ring is 1. The first kappa shape index (κ1) is 11.9. The molecule has 2 rings (SSSR count). The lowest BCUT2D eigenvalue weighted by Gasteiger charge is -2.21. The molecule has 4 nitrogen and oxygen atoms in total. The minimum Gasteiger partial charge on any atom is -0.374 e. The van der Waals surface area contributed by atoms with E-state index in [-0.39, 0.29) is 0 Å². The molecule has 0 aliphatic rings. The number of rotatable bonds is 4. The minimum absolute atomic E-state index is 0.528. The van der Waals surface area contributed by atoms with Crippen LogP contribution in [-0.4, -0.2) is 16.7 Å². The van der Waals surface area contributed by atoms with Crippen molar-refractivity contribution in [2.24, 2.45) is 0 Å². The van der Waals surface area contributed by atoms with Crippen molar-refractivity contribution < 1.29 is 0 Å². The van der Waals surface area contributed by atoms with Crippen LogP contribution >= 0.6 is 11.3 Å². The minimum atomic E-state index is 0.528. The van der Waals surface area contributed by atoms with Crippen LogP contribution in [0.2, 0.25) is 0 Å². The van der Waals surface area contributed by atoms with Gasteiger partial charge in [-0.1, -0.05) is 23.5 Å². The SMILES string of the molecule is CCN(Cc1nnc(N)s1)c1cccc(C)c1. The number of aromatic nitrogens is 2. The van der Waals surface area contributed by atoms with E-state index >= 15 is 0 Å². The van der Waals surface area contributed by atoms with Crippen LogP contribution in [0.4, 0.5) is 10.8 Å².